The summed E-state index contributed by atoms with van der Waals surface area (Å²) in [6.45, 7) is 3.68. The number of phosphoric acid groups is 1. The van der Waals surface area contributed by atoms with Crippen LogP contribution in [0.5, 0.6) is 0 Å². The van der Waals surface area contributed by atoms with Gasteiger partial charge in [-0.15, -0.1) is 0 Å². The third-order valence-corrected chi connectivity index (χ3v) is 18.8. The molecule has 0 heterocycles. The van der Waals surface area contributed by atoms with Gasteiger partial charge in [0.15, 0.2) is 6.10 Å². The Balaban J connectivity index is 3.82. The molecule has 0 bridgehead atoms. The summed E-state index contributed by atoms with van der Waals surface area (Å²) in [6, 6.07) is 0. The molecular formula is C87H154NO8P. The van der Waals surface area contributed by atoms with Gasteiger partial charge in [0.1, 0.15) is 6.61 Å². The molecule has 3 N–H and O–H groups in total. The second-order valence-electron chi connectivity index (χ2n) is 27.3. The van der Waals surface area contributed by atoms with Crippen LogP contribution in [-0.4, -0.2) is 49.3 Å². The van der Waals surface area contributed by atoms with Gasteiger partial charge in [0.25, 0.3) is 0 Å². The number of phosphoric ester groups is 1. The topological polar surface area (TPSA) is 134 Å². The molecule has 0 saturated heterocycles. The normalized spacial score (nSPS) is 13.5. The summed E-state index contributed by atoms with van der Waals surface area (Å²) in [5.41, 5.74) is 5.42. The fraction of sp³-hybridized carbons (Fsp3) is 0.747. The number of unbranched alkanes of at least 4 members (excludes halogenated alkanes) is 44. The van der Waals surface area contributed by atoms with Crippen LogP contribution >= 0.6 is 7.82 Å². The highest BCUT2D eigenvalue weighted by atomic mass is 31.2. The van der Waals surface area contributed by atoms with E-state index in [-0.39, 0.29) is 38.6 Å². The van der Waals surface area contributed by atoms with Crippen molar-refractivity contribution in [1.82, 2.24) is 0 Å². The Labute approximate surface area is 600 Å². The van der Waals surface area contributed by atoms with E-state index in [1.54, 1.807) is 0 Å². The van der Waals surface area contributed by atoms with Crippen LogP contribution in [0.2, 0.25) is 0 Å². The molecule has 2 unspecified atom stereocenters. The van der Waals surface area contributed by atoms with Crippen LogP contribution in [-0.2, 0) is 32.7 Å². The zero-order valence-corrected chi connectivity index (χ0v) is 64.2. The maximum absolute atomic E-state index is 12.8. The van der Waals surface area contributed by atoms with Crippen molar-refractivity contribution in [2.75, 3.05) is 26.4 Å². The molecule has 0 radical (unpaired) electrons. The van der Waals surface area contributed by atoms with Gasteiger partial charge < -0.3 is 20.1 Å². The number of nitrogens with two attached hydrogens (primary N) is 1. The maximum atomic E-state index is 12.8. The smallest absolute Gasteiger partial charge is 0.462 e. The third kappa shape index (κ3) is 81.3. The standard InChI is InChI=1S/C87H154NO8P/c1-3-5-7-9-11-13-15-17-19-21-23-25-27-29-31-33-35-37-39-40-41-42-43-44-46-48-50-52-54-56-58-60-62-64-66-68-70-72-74-76-78-80-87(90)96-85(84-95-97(91,92)94-82-81-88)83-93-86(89)79-77-75-73-71-69-67-65-63-61-59-57-55-53-51-49-47-45-38-36-34-32-30-28-26-24-22-20-18-16-14-12-10-8-6-4-2/h5,7,11,13,17,19,22-25,29,31,35,37,40-41,43-44,48,50,85H,3-4,6,8-10,12,14-16,18,20-21,26-28,30,32-34,36,38-39,42,45-47,49,51-84,88H2,1-2H3,(H,91,92)/b7-5-,13-11-,19-17-,24-22-,25-23-,31-29-,37-35-,41-40-,44-43-,50-48-. The number of hydrogen-bond donors (Lipinski definition) is 2. The molecule has 0 fully saturated rings. The van der Waals surface area contributed by atoms with E-state index in [0.29, 0.717) is 6.42 Å². The molecule has 560 valence electrons. The second-order valence-corrected chi connectivity index (χ2v) is 28.7. The van der Waals surface area contributed by atoms with Gasteiger partial charge in [-0.2, -0.15) is 0 Å². The quantitative estimate of drug-likeness (QED) is 0.0264. The van der Waals surface area contributed by atoms with Gasteiger partial charge in [-0.25, -0.2) is 4.57 Å². The van der Waals surface area contributed by atoms with Gasteiger partial charge >= 0.3 is 19.8 Å². The van der Waals surface area contributed by atoms with Crippen LogP contribution < -0.4 is 5.73 Å². The lowest BCUT2D eigenvalue weighted by Crippen LogP contribution is -2.29. The minimum absolute atomic E-state index is 0.0510. The van der Waals surface area contributed by atoms with Gasteiger partial charge in [0.05, 0.1) is 13.2 Å². The van der Waals surface area contributed by atoms with E-state index in [0.717, 1.165) is 96.3 Å². The first-order valence-electron chi connectivity index (χ1n) is 41.0. The van der Waals surface area contributed by atoms with Crippen molar-refractivity contribution in [2.24, 2.45) is 5.73 Å². The lowest BCUT2D eigenvalue weighted by Gasteiger charge is -2.19. The molecule has 0 aromatic heterocycles. The van der Waals surface area contributed by atoms with E-state index in [4.69, 9.17) is 24.3 Å². The number of carbonyl (C=O) groups excluding carboxylic acids is 2. The van der Waals surface area contributed by atoms with Crippen molar-refractivity contribution in [2.45, 2.75) is 392 Å². The van der Waals surface area contributed by atoms with E-state index in [1.807, 2.05) is 0 Å². The first-order chi connectivity index (χ1) is 47.8. The van der Waals surface area contributed by atoms with Crippen molar-refractivity contribution < 1.29 is 37.6 Å². The molecule has 97 heavy (non-hydrogen) atoms. The Bertz CT molecular complexity index is 2020. The lowest BCUT2D eigenvalue weighted by molar-refractivity contribution is -0.161. The number of esters is 2. The molecule has 0 aromatic rings. The molecular weight excluding hydrogens is 1220 g/mol. The Morgan fingerprint density at radius 2 is 0.567 bits per heavy atom. The van der Waals surface area contributed by atoms with E-state index in [2.05, 4.69) is 135 Å². The number of carbonyl (C=O) groups is 2. The zero-order chi connectivity index (χ0) is 70.0. The third-order valence-electron chi connectivity index (χ3n) is 17.8. The predicted octanol–water partition coefficient (Wildman–Crippen LogP) is 27.8. The van der Waals surface area contributed by atoms with Crippen LogP contribution in [0.3, 0.4) is 0 Å². The molecule has 0 aromatic carbocycles. The average Bonchev–Trinajstić information content (AvgIpc) is 2.57. The number of rotatable bonds is 77. The largest absolute Gasteiger partial charge is 0.472 e. The number of allylic oxidation sites excluding steroid dienone is 20. The Kier molecular flexibility index (Phi) is 78.4. The summed E-state index contributed by atoms with van der Waals surface area (Å²) >= 11 is 0. The SMILES string of the molecule is CC/C=C\C/C=C\C/C=C\C/C=C\C/C=C\C/C=C\C/C=C\C/C=C\C/C=C\CCCCCCCCCCCCCCCC(=O)OC(COC(=O)CCCCCCCCCCCCCCCCCCCCCCCCC/C=C\CCCCCCCCCC)COP(=O)(O)OCCN. The van der Waals surface area contributed by atoms with Crippen molar-refractivity contribution >= 4 is 19.8 Å². The molecule has 0 rings (SSSR count). The van der Waals surface area contributed by atoms with Gasteiger partial charge in [-0.05, 0) is 109 Å². The first-order valence-corrected chi connectivity index (χ1v) is 42.5. The van der Waals surface area contributed by atoms with Gasteiger partial charge in [-0.1, -0.05) is 386 Å². The molecule has 0 amide bonds. The molecule has 0 saturated carbocycles. The van der Waals surface area contributed by atoms with Crippen molar-refractivity contribution in [1.29, 1.82) is 0 Å². The van der Waals surface area contributed by atoms with Crippen LogP contribution in [0.25, 0.3) is 0 Å². The maximum Gasteiger partial charge on any atom is 0.472 e. The minimum Gasteiger partial charge on any atom is -0.462 e. The van der Waals surface area contributed by atoms with Crippen molar-refractivity contribution in [3.8, 4) is 0 Å². The number of ether oxygens (including phenoxy) is 2. The first kappa shape index (κ1) is 93.4. The van der Waals surface area contributed by atoms with Gasteiger partial charge in [-0.3, -0.25) is 18.6 Å². The molecule has 2 atom stereocenters. The average molecular weight is 1370 g/mol. The molecule has 9 nitrogen and oxygen atoms in total. The minimum atomic E-state index is -4.40. The zero-order valence-electron chi connectivity index (χ0n) is 63.3. The second kappa shape index (κ2) is 81.4. The van der Waals surface area contributed by atoms with E-state index >= 15 is 0 Å². The predicted molar refractivity (Wildman–Crippen MR) is 422 cm³/mol. The van der Waals surface area contributed by atoms with Crippen LogP contribution in [0.15, 0.2) is 122 Å². The molecule has 0 aliphatic rings. The highest BCUT2D eigenvalue weighted by Crippen LogP contribution is 2.43. The Morgan fingerprint density at radius 3 is 0.856 bits per heavy atom. The highest BCUT2D eigenvalue weighted by Gasteiger charge is 2.26. The van der Waals surface area contributed by atoms with Gasteiger partial charge in [0.2, 0.25) is 0 Å². The fourth-order valence-electron chi connectivity index (χ4n) is 11.8. The lowest BCUT2D eigenvalue weighted by atomic mass is 10.0. The summed E-state index contributed by atoms with van der Waals surface area (Å²) in [5.74, 6) is -0.816. The monoisotopic (exact) mass is 1370 g/mol. The van der Waals surface area contributed by atoms with Crippen LogP contribution in [0.1, 0.15) is 386 Å². The van der Waals surface area contributed by atoms with E-state index in [1.165, 1.54) is 257 Å². The fourth-order valence-corrected chi connectivity index (χ4v) is 12.6. The summed E-state index contributed by atoms with van der Waals surface area (Å²) in [5, 5.41) is 0. The summed E-state index contributed by atoms with van der Waals surface area (Å²) in [7, 11) is -4.40. The summed E-state index contributed by atoms with van der Waals surface area (Å²) in [4.78, 5) is 35.5. The molecule has 0 aliphatic heterocycles. The summed E-state index contributed by atoms with van der Waals surface area (Å²) in [6.07, 6.45) is 115. The highest BCUT2D eigenvalue weighted by molar-refractivity contribution is 7.47. The van der Waals surface area contributed by atoms with Crippen LogP contribution in [0.4, 0.5) is 0 Å². The van der Waals surface area contributed by atoms with Crippen molar-refractivity contribution in [3.05, 3.63) is 122 Å². The van der Waals surface area contributed by atoms with Gasteiger partial charge in [0, 0.05) is 19.4 Å². The molecule has 0 aliphatic carbocycles. The Morgan fingerprint density at radius 1 is 0.320 bits per heavy atom. The molecule has 0 spiro atoms. The van der Waals surface area contributed by atoms with E-state index in [9.17, 15) is 19.0 Å². The van der Waals surface area contributed by atoms with E-state index < -0.39 is 26.5 Å². The van der Waals surface area contributed by atoms with Crippen LogP contribution in [0, 0.1) is 0 Å². The molecule has 10 heteroatoms. The Hall–Kier alpha value is -3.59. The van der Waals surface area contributed by atoms with Crippen molar-refractivity contribution in [3.63, 3.8) is 0 Å². The summed E-state index contributed by atoms with van der Waals surface area (Å²) < 4.78 is 33.3. The number of hydrogen-bond acceptors (Lipinski definition) is 8.